The van der Waals surface area contributed by atoms with Gasteiger partial charge in [-0.25, -0.2) is 0 Å². The van der Waals surface area contributed by atoms with Crippen LogP contribution in [0.3, 0.4) is 0 Å². The van der Waals surface area contributed by atoms with Crippen LogP contribution in [0.2, 0.25) is 5.02 Å². The molecule has 3 aromatic carbocycles. The summed E-state index contributed by atoms with van der Waals surface area (Å²) in [4.78, 5) is 13.6. The molecular formula is C35H42ClN3O2S. The number of carbonyl (C=O) groups excluding carboxylic acids is 1. The summed E-state index contributed by atoms with van der Waals surface area (Å²) in [5.41, 5.74) is 15.2. The first-order chi connectivity index (χ1) is 20.3. The topological polar surface area (TPSA) is 77.2 Å². The average Bonchev–Trinajstić information content (AvgIpc) is 3.68. The van der Waals surface area contributed by atoms with Crippen molar-refractivity contribution in [3.05, 3.63) is 87.4 Å². The first-order valence-corrected chi connectivity index (χ1v) is 15.7. The minimum atomic E-state index is -0.0861. The van der Waals surface area contributed by atoms with Crippen LogP contribution in [0.25, 0.3) is 27.8 Å². The molecule has 1 aromatic heterocycles. The van der Waals surface area contributed by atoms with Gasteiger partial charge in [0.05, 0.1) is 29.2 Å². The molecule has 5 nitrogen and oxygen atoms in total. The molecule has 1 saturated carbocycles. The number of amides is 1. The van der Waals surface area contributed by atoms with E-state index >= 15 is 0 Å². The molecule has 0 unspecified atom stereocenters. The van der Waals surface area contributed by atoms with E-state index in [4.69, 9.17) is 22.1 Å². The maximum Gasteiger partial charge on any atom is 0.256 e. The lowest BCUT2D eigenvalue weighted by Gasteiger charge is -2.12. The van der Waals surface area contributed by atoms with Crippen molar-refractivity contribution in [3.8, 4) is 28.0 Å². The Balaban J connectivity index is 0.000000310. The maximum atomic E-state index is 12.3. The number of halogens is 1. The third-order valence-electron chi connectivity index (χ3n) is 6.79. The number of allylic oxidation sites excluding steroid dienone is 1. The number of benzene rings is 3. The van der Waals surface area contributed by atoms with E-state index in [0.717, 1.165) is 45.0 Å². The number of methoxy groups -OCH3 is 1. The number of fused-ring (bicyclic) bond motifs is 1. The second kappa shape index (κ2) is 15.0. The van der Waals surface area contributed by atoms with E-state index in [1.807, 2.05) is 96.1 Å². The number of carbonyl (C=O) groups is 1. The molecule has 2 heterocycles. The fourth-order valence-electron chi connectivity index (χ4n) is 4.67. The molecule has 1 aliphatic carbocycles. The summed E-state index contributed by atoms with van der Waals surface area (Å²) in [5.74, 6) is 1.40. The Hall–Kier alpha value is -3.61. The normalized spacial score (nSPS) is 12.9. The van der Waals surface area contributed by atoms with E-state index in [-0.39, 0.29) is 5.91 Å². The number of hydrogen-bond donors (Lipinski definition) is 2. The zero-order valence-corrected chi connectivity index (χ0v) is 27.5. The Morgan fingerprint density at radius 1 is 0.952 bits per heavy atom. The van der Waals surface area contributed by atoms with Gasteiger partial charge in [-0.15, -0.1) is 0 Å². The number of nitrogens with zero attached hydrogens (tertiary/aromatic N) is 1. The molecular weight excluding hydrogens is 562 g/mol. The second-order valence-corrected chi connectivity index (χ2v) is 11.3. The average molecular weight is 604 g/mol. The first kappa shape index (κ1) is 32.9. The van der Waals surface area contributed by atoms with Crippen LogP contribution in [-0.4, -0.2) is 17.4 Å². The van der Waals surface area contributed by atoms with E-state index < -0.39 is 0 Å². The van der Waals surface area contributed by atoms with Crippen molar-refractivity contribution in [3.63, 3.8) is 0 Å². The van der Waals surface area contributed by atoms with Gasteiger partial charge >= 0.3 is 0 Å². The molecule has 7 heteroatoms. The number of aromatic nitrogens is 1. The van der Waals surface area contributed by atoms with Crippen molar-refractivity contribution in [2.24, 2.45) is 0 Å². The number of nitrogens with one attached hydrogen (secondary N) is 1. The summed E-state index contributed by atoms with van der Waals surface area (Å²) in [6.07, 6.45) is 2.73. The molecule has 2 aliphatic rings. The Morgan fingerprint density at radius 2 is 1.57 bits per heavy atom. The highest BCUT2D eigenvalue weighted by Gasteiger charge is 2.27. The fraction of sp³-hybridized carbons (Fsp3) is 0.314. The van der Waals surface area contributed by atoms with Gasteiger partial charge in [-0.3, -0.25) is 4.79 Å². The van der Waals surface area contributed by atoms with Crippen molar-refractivity contribution in [2.45, 2.75) is 67.2 Å². The van der Waals surface area contributed by atoms with E-state index in [0.29, 0.717) is 22.0 Å². The van der Waals surface area contributed by atoms with Gasteiger partial charge in [-0.2, -0.15) is 4.37 Å². The van der Waals surface area contributed by atoms with E-state index in [1.165, 1.54) is 23.4 Å². The Morgan fingerprint density at radius 3 is 2.10 bits per heavy atom. The van der Waals surface area contributed by atoms with Gasteiger partial charge in [-0.1, -0.05) is 81.3 Å². The monoisotopic (exact) mass is 603 g/mol. The molecule has 222 valence electrons. The molecule has 0 radical (unpaired) electrons. The second-order valence-electron chi connectivity index (χ2n) is 9.84. The largest absolute Gasteiger partial charge is 0.495 e. The third-order valence-corrected chi connectivity index (χ3v) is 7.81. The molecule has 1 fully saturated rings. The lowest BCUT2D eigenvalue weighted by atomic mass is 9.95. The number of nitrogens with two attached hydrogens (primary N) is 1. The molecule has 42 heavy (non-hydrogen) atoms. The van der Waals surface area contributed by atoms with Crippen molar-refractivity contribution >= 4 is 46.0 Å². The molecule has 0 saturated heterocycles. The van der Waals surface area contributed by atoms with E-state index in [1.54, 1.807) is 18.6 Å². The summed E-state index contributed by atoms with van der Waals surface area (Å²) in [6, 6.07) is 19.8. The van der Waals surface area contributed by atoms with Crippen molar-refractivity contribution in [1.29, 1.82) is 0 Å². The van der Waals surface area contributed by atoms with Gasteiger partial charge < -0.3 is 15.8 Å². The number of rotatable bonds is 4. The standard InChI is InChI=1S/C24H21ClN2O2.C7H9NS.2C2H6/c1-13(2)22-18-11-17(19(25)12-20(18)27-24(22)28)15-9-7-14(8-10-15)16-5-4-6-21(29-3)23(16)26;1-5-4-7(8-9-5)6-2-3-6;2*1-2/h4-12H,26H2,1-3H3,(H,27,28);4,6H,2-3H2,1H3;2*1-2H3. The molecule has 4 aromatic rings. The summed E-state index contributed by atoms with van der Waals surface area (Å²) in [7, 11) is 1.61. The van der Waals surface area contributed by atoms with Gasteiger partial charge in [0.25, 0.3) is 5.91 Å². The lowest BCUT2D eigenvalue weighted by molar-refractivity contribution is -0.110. The van der Waals surface area contributed by atoms with Crippen LogP contribution in [0.15, 0.2) is 66.2 Å². The number of hydrogen-bond acceptors (Lipinski definition) is 5. The lowest BCUT2D eigenvalue weighted by Crippen LogP contribution is -2.04. The number of aryl methyl sites for hydroxylation is 1. The van der Waals surface area contributed by atoms with Gasteiger partial charge in [0.15, 0.2) is 0 Å². The molecule has 6 rings (SSSR count). The molecule has 0 spiro atoms. The molecule has 0 atom stereocenters. The van der Waals surface area contributed by atoms with Gasteiger partial charge in [-0.05, 0) is 80.5 Å². The summed E-state index contributed by atoms with van der Waals surface area (Å²) in [5, 5.41) is 3.48. The number of nitrogen functional groups attached to an aromatic ring is 1. The smallest absolute Gasteiger partial charge is 0.256 e. The summed E-state index contributed by atoms with van der Waals surface area (Å²) < 4.78 is 9.64. The van der Waals surface area contributed by atoms with Crippen LogP contribution in [-0.2, 0) is 4.79 Å². The first-order valence-electron chi connectivity index (χ1n) is 14.6. The zero-order valence-electron chi connectivity index (χ0n) is 25.9. The summed E-state index contributed by atoms with van der Waals surface area (Å²) in [6.45, 7) is 14.0. The van der Waals surface area contributed by atoms with E-state index in [9.17, 15) is 4.79 Å². The van der Waals surface area contributed by atoms with Gasteiger partial charge in [0, 0.05) is 33.1 Å². The van der Waals surface area contributed by atoms with Crippen molar-refractivity contribution in [1.82, 2.24) is 4.37 Å². The highest BCUT2D eigenvalue weighted by Crippen LogP contribution is 2.42. The Labute approximate surface area is 259 Å². The van der Waals surface area contributed by atoms with Crippen LogP contribution in [0.5, 0.6) is 5.75 Å². The van der Waals surface area contributed by atoms with Crippen LogP contribution in [0.1, 0.15) is 76.4 Å². The molecule has 1 aliphatic heterocycles. The van der Waals surface area contributed by atoms with Crippen LogP contribution in [0, 0.1) is 6.92 Å². The van der Waals surface area contributed by atoms with Crippen LogP contribution in [0.4, 0.5) is 11.4 Å². The molecule has 1 amide bonds. The Bertz CT molecular complexity index is 1550. The van der Waals surface area contributed by atoms with Crippen LogP contribution < -0.4 is 15.8 Å². The minimum Gasteiger partial charge on any atom is -0.495 e. The molecule has 3 N–H and O–H groups in total. The number of ether oxygens (including phenoxy) is 1. The highest BCUT2D eigenvalue weighted by atomic mass is 35.5. The third kappa shape index (κ3) is 7.42. The highest BCUT2D eigenvalue weighted by molar-refractivity contribution is 7.05. The predicted octanol–water partition coefficient (Wildman–Crippen LogP) is 10.4. The fourth-order valence-corrected chi connectivity index (χ4v) is 5.57. The zero-order chi connectivity index (χ0) is 31.0. The van der Waals surface area contributed by atoms with Crippen molar-refractivity contribution < 1.29 is 9.53 Å². The van der Waals surface area contributed by atoms with E-state index in [2.05, 4.69) is 22.7 Å². The summed E-state index contributed by atoms with van der Waals surface area (Å²) >= 11 is 8.16. The number of para-hydroxylation sites is 1. The Kier molecular flexibility index (Phi) is 11.8. The molecule has 0 bridgehead atoms. The van der Waals surface area contributed by atoms with Crippen LogP contribution >= 0.6 is 23.1 Å². The van der Waals surface area contributed by atoms with Crippen molar-refractivity contribution in [2.75, 3.05) is 18.2 Å². The van der Waals surface area contributed by atoms with Gasteiger partial charge in [0.2, 0.25) is 0 Å². The predicted molar refractivity (Wildman–Crippen MR) is 182 cm³/mol. The van der Waals surface area contributed by atoms with Gasteiger partial charge in [0.1, 0.15) is 5.75 Å². The quantitative estimate of drug-likeness (QED) is 0.180. The SMILES string of the molecule is CC.CC.COc1cccc(-c2ccc(-c3cc4c(cc3Cl)NC(=O)C4=C(C)C)cc2)c1N.Cc1cc(C2CC2)ns1. The number of anilines is 2. The maximum absolute atomic E-state index is 12.3. The minimum absolute atomic E-state index is 0.0861.